The van der Waals surface area contributed by atoms with Crippen LogP contribution >= 0.6 is 0 Å². The molecular weight excluding hydrogens is 304 g/mol. The van der Waals surface area contributed by atoms with E-state index in [0.717, 1.165) is 24.5 Å². The van der Waals surface area contributed by atoms with Crippen molar-refractivity contribution >= 4 is 17.5 Å². The van der Waals surface area contributed by atoms with Crippen molar-refractivity contribution in [2.24, 2.45) is 11.8 Å². The van der Waals surface area contributed by atoms with Crippen molar-refractivity contribution in [2.75, 3.05) is 31.1 Å². The van der Waals surface area contributed by atoms with Gasteiger partial charge in [-0.05, 0) is 30.4 Å². The summed E-state index contributed by atoms with van der Waals surface area (Å²) in [7, 11) is 0. The summed E-state index contributed by atoms with van der Waals surface area (Å²) in [6, 6.07) is 7.56. The first-order chi connectivity index (χ1) is 11.5. The lowest BCUT2D eigenvalue weighted by Gasteiger charge is -2.35. The number of para-hydroxylation sites is 2. The molecule has 0 aliphatic carbocycles. The first-order valence-electron chi connectivity index (χ1n) is 8.84. The van der Waals surface area contributed by atoms with Gasteiger partial charge in [0.2, 0.25) is 11.8 Å². The fraction of sp³-hybridized carbons (Fsp3) is 0.579. The Bertz CT molecular complexity index is 606. The van der Waals surface area contributed by atoms with Crippen molar-refractivity contribution < 1.29 is 14.3 Å². The van der Waals surface area contributed by atoms with Crippen LogP contribution in [0.15, 0.2) is 24.3 Å². The second-order valence-electron chi connectivity index (χ2n) is 7.11. The summed E-state index contributed by atoms with van der Waals surface area (Å²) in [5.74, 6) is 1.92. The Balaban J connectivity index is 1.57. The Morgan fingerprint density at radius 3 is 2.50 bits per heavy atom. The molecule has 5 nitrogen and oxygen atoms in total. The van der Waals surface area contributed by atoms with Gasteiger partial charge in [-0.1, -0.05) is 26.0 Å². The third-order valence-electron chi connectivity index (χ3n) is 4.80. The summed E-state index contributed by atoms with van der Waals surface area (Å²) in [5.41, 5.74) is 0.807. The van der Waals surface area contributed by atoms with Crippen LogP contribution in [0.25, 0.3) is 0 Å². The Morgan fingerprint density at radius 1 is 1.08 bits per heavy atom. The molecule has 1 fully saturated rings. The Morgan fingerprint density at radius 2 is 1.75 bits per heavy atom. The molecule has 24 heavy (non-hydrogen) atoms. The highest BCUT2D eigenvalue weighted by molar-refractivity contribution is 5.97. The van der Waals surface area contributed by atoms with E-state index in [0.29, 0.717) is 25.0 Å². The van der Waals surface area contributed by atoms with Crippen LogP contribution in [0.5, 0.6) is 5.75 Å². The topological polar surface area (TPSA) is 49.9 Å². The molecule has 2 unspecified atom stereocenters. The maximum Gasteiger partial charge on any atom is 0.227 e. The molecule has 1 aromatic rings. The van der Waals surface area contributed by atoms with Gasteiger partial charge >= 0.3 is 0 Å². The van der Waals surface area contributed by atoms with Crippen LogP contribution in [0.1, 0.15) is 33.1 Å². The SMILES string of the molecule is CC1CC(C)CN(C(=O)CCC(=O)N2CCOc3ccccc32)C1. The molecule has 2 aliphatic heterocycles. The van der Waals surface area contributed by atoms with Crippen molar-refractivity contribution in [1.29, 1.82) is 0 Å². The van der Waals surface area contributed by atoms with Gasteiger partial charge in [-0.15, -0.1) is 0 Å². The molecule has 0 aromatic heterocycles. The summed E-state index contributed by atoms with van der Waals surface area (Å²) < 4.78 is 5.58. The van der Waals surface area contributed by atoms with Crippen LogP contribution < -0.4 is 9.64 Å². The largest absolute Gasteiger partial charge is 0.490 e. The molecule has 2 amide bonds. The number of nitrogens with zero attached hydrogens (tertiary/aromatic N) is 2. The second kappa shape index (κ2) is 7.24. The van der Waals surface area contributed by atoms with Crippen molar-refractivity contribution in [3.05, 3.63) is 24.3 Å². The number of rotatable bonds is 3. The van der Waals surface area contributed by atoms with Gasteiger partial charge in [0.05, 0.1) is 12.2 Å². The van der Waals surface area contributed by atoms with Gasteiger partial charge in [0.25, 0.3) is 0 Å². The van der Waals surface area contributed by atoms with Crippen LogP contribution in [0.4, 0.5) is 5.69 Å². The fourth-order valence-corrected chi connectivity index (χ4v) is 3.80. The number of ether oxygens (including phenoxy) is 1. The van der Waals surface area contributed by atoms with Crippen LogP contribution in [0, 0.1) is 11.8 Å². The zero-order valence-electron chi connectivity index (χ0n) is 14.5. The quantitative estimate of drug-likeness (QED) is 0.856. The van der Waals surface area contributed by atoms with Crippen molar-refractivity contribution in [3.8, 4) is 5.75 Å². The number of hydrogen-bond donors (Lipinski definition) is 0. The summed E-state index contributed by atoms with van der Waals surface area (Å²) in [6.07, 6.45) is 1.72. The zero-order valence-corrected chi connectivity index (χ0v) is 14.5. The minimum absolute atomic E-state index is 0.00259. The highest BCUT2D eigenvalue weighted by atomic mass is 16.5. The summed E-state index contributed by atoms with van der Waals surface area (Å²) in [6.45, 7) is 7.05. The van der Waals surface area contributed by atoms with E-state index in [2.05, 4.69) is 13.8 Å². The van der Waals surface area contributed by atoms with E-state index >= 15 is 0 Å². The number of benzene rings is 1. The Hall–Kier alpha value is -2.04. The van der Waals surface area contributed by atoms with Crippen molar-refractivity contribution in [2.45, 2.75) is 33.1 Å². The van der Waals surface area contributed by atoms with Crippen LogP contribution in [-0.4, -0.2) is 43.0 Å². The minimum Gasteiger partial charge on any atom is -0.490 e. The van der Waals surface area contributed by atoms with Gasteiger partial charge in [-0.2, -0.15) is 0 Å². The van der Waals surface area contributed by atoms with Crippen LogP contribution in [-0.2, 0) is 9.59 Å². The van der Waals surface area contributed by atoms with E-state index < -0.39 is 0 Å². The predicted octanol–water partition coefficient (Wildman–Crippen LogP) is 2.70. The van der Waals surface area contributed by atoms with Gasteiger partial charge in [-0.25, -0.2) is 0 Å². The Kier molecular flexibility index (Phi) is 5.07. The van der Waals surface area contributed by atoms with Crippen molar-refractivity contribution in [1.82, 2.24) is 4.90 Å². The van der Waals surface area contributed by atoms with Gasteiger partial charge in [-0.3, -0.25) is 9.59 Å². The van der Waals surface area contributed by atoms with E-state index in [1.807, 2.05) is 29.2 Å². The van der Waals surface area contributed by atoms with E-state index in [4.69, 9.17) is 4.74 Å². The molecule has 0 N–H and O–H groups in total. The molecule has 130 valence electrons. The average Bonchev–Trinajstić information content (AvgIpc) is 2.58. The standard InChI is InChI=1S/C19H26N2O3/c1-14-11-15(2)13-20(12-14)18(22)7-8-19(23)21-9-10-24-17-6-4-3-5-16(17)21/h3-6,14-15H,7-13H2,1-2H3. The molecule has 0 bridgehead atoms. The van der Waals surface area contributed by atoms with Gasteiger partial charge in [0, 0.05) is 25.9 Å². The number of carbonyl (C=O) groups excluding carboxylic acids is 2. The van der Waals surface area contributed by atoms with Crippen LogP contribution in [0.2, 0.25) is 0 Å². The summed E-state index contributed by atoms with van der Waals surface area (Å²) in [4.78, 5) is 28.7. The summed E-state index contributed by atoms with van der Waals surface area (Å²) in [5, 5.41) is 0. The number of fused-ring (bicyclic) bond motifs is 1. The third kappa shape index (κ3) is 3.71. The fourth-order valence-electron chi connectivity index (χ4n) is 3.80. The molecule has 2 heterocycles. The van der Waals surface area contributed by atoms with Crippen LogP contribution in [0.3, 0.4) is 0 Å². The smallest absolute Gasteiger partial charge is 0.227 e. The number of piperidine rings is 1. The molecule has 0 radical (unpaired) electrons. The maximum atomic E-state index is 12.6. The molecule has 1 aromatic carbocycles. The average molecular weight is 330 g/mol. The number of hydrogen-bond acceptors (Lipinski definition) is 3. The molecule has 2 aliphatic rings. The lowest BCUT2D eigenvalue weighted by molar-refractivity contribution is -0.135. The molecule has 2 atom stereocenters. The van der Waals surface area contributed by atoms with Gasteiger partial charge in [0.1, 0.15) is 12.4 Å². The van der Waals surface area contributed by atoms with E-state index in [1.54, 1.807) is 4.90 Å². The monoisotopic (exact) mass is 330 g/mol. The van der Waals surface area contributed by atoms with Crippen molar-refractivity contribution in [3.63, 3.8) is 0 Å². The second-order valence-corrected chi connectivity index (χ2v) is 7.11. The lowest BCUT2D eigenvalue weighted by Crippen LogP contribution is -2.43. The highest BCUT2D eigenvalue weighted by Crippen LogP contribution is 2.31. The molecular formula is C19H26N2O3. The highest BCUT2D eigenvalue weighted by Gasteiger charge is 2.27. The van der Waals surface area contributed by atoms with Gasteiger partial charge < -0.3 is 14.5 Å². The maximum absolute atomic E-state index is 12.6. The normalized spacial score (nSPS) is 23.4. The predicted molar refractivity (Wildman–Crippen MR) is 93.0 cm³/mol. The third-order valence-corrected chi connectivity index (χ3v) is 4.80. The molecule has 0 spiro atoms. The number of likely N-dealkylation sites (tertiary alicyclic amines) is 1. The first kappa shape index (κ1) is 16.8. The van der Waals surface area contributed by atoms with Gasteiger partial charge in [0.15, 0.2) is 0 Å². The zero-order chi connectivity index (χ0) is 17.1. The minimum atomic E-state index is -0.00259. The first-order valence-corrected chi connectivity index (χ1v) is 8.84. The molecule has 0 saturated carbocycles. The number of carbonyl (C=O) groups is 2. The molecule has 1 saturated heterocycles. The molecule has 5 heteroatoms. The Labute approximate surface area is 143 Å². The molecule has 3 rings (SSSR count). The van der Waals surface area contributed by atoms with E-state index in [-0.39, 0.29) is 24.7 Å². The summed E-state index contributed by atoms with van der Waals surface area (Å²) >= 11 is 0. The van der Waals surface area contributed by atoms with E-state index in [9.17, 15) is 9.59 Å². The number of amides is 2. The number of anilines is 1. The van der Waals surface area contributed by atoms with E-state index in [1.165, 1.54) is 6.42 Å². The lowest BCUT2D eigenvalue weighted by atomic mass is 9.91.